The zero-order valence-corrected chi connectivity index (χ0v) is 16.7. The van der Waals surface area contributed by atoms with Crippen molar-refractivity contribution in [1.82, 2.24) is 5.16 Å². The van der Waals surface area contributed by atoms with E-state index in [2.05, 4.69) is 15.4 Å². The number of fused-ring (bicyclic) bond motifs is 1. The smallest absolute Gasteiger partial charge is 0.227 e. The Balaban J connectivity index is 1.17. The molecule has 0 radical (unpaired) electrons. The molecule has 1 N–H and O–H groups in total. The molecule has 150 valence electrons. The molecule has 1 atom stereocenters. The Morgan fingerprint density at radius 1 is 1.28 bits per heavy atom. The molecule has 1 aliphatic heterocycles. The molecule has 29 heavy (non-hydrogen) atoms. The maximum absolute atomic E-state index is 13.6. The summed E-state index contributed by atoms with van der Waals surface area (Å²) in [7, 11) is 0. The predicted octanol–water partition coefficient (Wildman–Crippen LogP) is 5.11. The van der Waals surface area contributed by atoms with Crippen molar-refractivity contribution < 1.29 is 13.7 Å². The van der Waals surface area contributed by atoms with Gasteiger partial charge in [0.1, 0.15) is 5.82 Å². The van der Waals surface area contributed by atoms with E-state index >= 15 is 0 Å². The zero-order chi connectivity index (χ0) is 20.2. The number of rotatable bonds is 4. The van der Waals surface area contributed by atoms with Crippen LogP contribution >= 0.6 is 11.6 Å². The topological polar surface area (TPSA) is 58.4 Å². The quantitative estimate of drug-likeness (QED) is 0.645. The molecular formula is C22H21ClFN3O2. The van der Waals surface area contributed by atoms with Crippen molar-refractivity contribution in [2.45, 2.75) is 19.8 Å². The highest BCUT2D eigenvalue weighted by Crippen LogP contribution is 2.55. The molecule has 2 aliphatic rings. The zero-order valence-electron chi connectivity index (χ0n) is 16.0. The lowest BCUT2D eigenvalue weighted by Crippen LogP contribution is -2.63. The first kappa shape index (κ1) is 18.4. The molecular weight excluding hydrogens is 393 g/mol. The minimum Gasteiger partial charge on any atom is -0.354 e. The van der Waals surface area contributed by atoms with E-state index in [1.807, 2.05) is 19.1 Å². The van der Waals surface area contributed by atoms with Crippen LogP contribution in [0.15, 0.2) is 47.0 Å². The molecule has 1 spiro atoms. The lowest BCUT2D eigenvalue weighted by atomic mass is 9.54. The number of anilines is 2. The van der Waals surface area contributed by atoms with Crippen LogP contribution in [0.5, 0.6) is 0 Å². The molecule has 2 fully saturated rings. The van der Waals surface area contributed by atoms with E-state index in [0.717, 1.165) is 31.6 Å². The second-order valence-electron chi connectivity index (χ2n) is 8.46. The van der Waals surface area contributed by atoms with Gasteiger partial charge in [-0.2, -0.15) is 0 Å². The number of aromatic nitrogens is 1. The number of amides is 1. The number of nitrogens with zero attached hydrogens (tertiary/aromatic N) is 2. The summed E-state index contributed by atoms with van der Waals surface area (Å²) >= 11 is 5.89. The Kier molecular flexibility index (Phi) is 4.28. The van der Waals surface area contributed by atoms with Gasteiger partial charge in [-0.3, -0.25) is 4.79 Å². The van der Waals surface area contributed by atoms with Crippen LogP contribution in [0.3, 0.4) is 0 Å². The van der Waals surface area contributed by atoms with Crippen LogP contribution in [0.2, 0.25) is 5.02 Å². The summed E-state index contributed by atoms with van der Waals surface area (Å²) in [5.41, 5.74) is 1.60. The summed E-state index contributed by atoms with van der Waals surface area (Å²) < 4.78 is 18.9. The number of hydrogen-bond donors (Lipinski definition) is 1. The Morgan fingerprint density at radius 3 is 2.72 bits per heavy atom. The SMILES string of the molecule is C[C@@H](C(=O)Nc1ccc(Cl)cc1)C1CC2(C1)CN(c1noc3ccc(F)cc13)C2. The van der Waals surface area contributed by atoms with Gasteiger partial charge >= 0.3 is 0 Å². The largest absolute Gasteiger partial charge is 0.354 e. The average Bonchev–Trinajstić information content (AvgIpc) is 3.04. The van der Waals surface area contributed by atoms with Gasteiger partial charge in [0, 0.05) is 35.1 Å². The van der Waals surface area contributed by atoms with E-state index < -0.39 is 0 Å². The van der Waals surface area contributed by atoms with Crippen LogP contribution in [0, 0.1) is 23.1 Å². The standard InChI is InChI=1S/C22H21ClFN3O2/c1-13(21(28)25-17-5-2-15(23)3-6-17)14-9-22(10-14)11-27(12-22)20-18-8-16(24)4-7-19(18)29-26-20/h2-8,13-14H,9-12H2,1H3,(H,25,28)/t13-/m1/s1. The average molecular weight is 414 g/mol. The highest BCUT2D eigenvalue weighted by Gasteiger charge is 2.55. The van der Waals surface area contributed by atoms with Crippen LogP contribution in [-0.4, -0.2) is 24.2 Å². The van der Waals surface area contributed by atoms with E-state index in [-0.39, 0.29) is 23.1 Å². The Hall–Kier alpha value is -2.60. The predicted molar refractivity (Wildman–Crippen MR) is 111 cm³/mol. The third-order valence-corrected chi connectivity index (χ3v) is 6.64. The van der Waals surface area contributed by atoms with Gasteiger partial charge in [0.2, 0.25) is 5.91 Å². The third-order valence-electron chi connectivity index (χ3n) is 6.39. The molecule has 1 amide bonds. The molecule has 3 aromatic rings. The van der Waals surface area contributed by atoms with Gasteiger partial charge in [0.25, 0.3) is 0 Å². The summed E-state index contributed by atoms with van der Waals surface area (Å²) in [6.07, 6.45) is 2.03. The van der Waals surface area contributed by atoms with Crippen molar-refractivity contribution in [3.63, 3.8) is 0 Å². The lowest BCUT2D eigenvalue weighted by molar-refractivity contribution is -0.124. The second kappa shape index (κ2) is 6.73. The molecule has 1 saturated heterocycles. The van der Waals surface area contributed by atoms with Gasteiger partial charge in [-0.1, -0.05) is 23.7 Å². The minimum absolute atomic E-state index is 0.0429. The van der Waals surface area contributed by atoms with Gasteiger partial charge in [0.15, 0.2) is 11.4 Å². The van der Waals surface area contributed by atoms with E-state index in [0.29, 0.717) is 27.7 Å². The number of hydrogen-bond acceptors (Lipinski definition) is 4. The minimum atomic E-state index is -0.290. The fourth-order valence-corrected chi connectivity index (χ4v) is 4.83. The molecule has 2 aromatic carbocycles. The van der Waals surface area contributed by atoms with Crippen LogP contribution in [0.25, 0.3) is 11.0 Å². The first-order chi connectivity index (χ1) is 13.9. The summed E-state index contributed by atoms with van der Waals surface area (Å²) in [6.45, 7) is 3.73. The van der Waals surface area contributed by atoms with E-state index in [4.69, 9.17) is 16.1 Å². The van der Waals surface area contributed by atoms with E-state index in [9.17, 15) is 9.18 Å². The summed E-state index contributed by atoms with van der Waals surface area (Å²) in [4.78, 5) is 14.7. The Labute approximate surface area is 172 Å². The summed E-state index contributed by atoms with van der Waals surface area (Å²) in [5.74, 6) is 0.785. The molecule has 0 bridgehead atoms. The van der Waals surface area contributed by atoms with Gasteiger partial charge in [-0.25, -0.2) is 4.39 Å². The van der Waals surface area contributed by atoms with Crippen LogP contribution in [0.1, 0.15) is 19.8 Å². The van der Waals surface area contributed by atoms with Gasteiger partial charge in [0.05, 0.1) is 5.39 Å². The highest BCUT2D eigenvalue weighted by molar-refractivity contribution is 6.30. The van der Waals surface area contributed by atoms with Crippen molar-refractivity contribution >= 4 is 40.0 Å². The van der Waals surface area contributed by atoms with Crippen LogP contribution in [-0.2, 0) is 4.79 Å². The third kappa shape index (κ3) is 3.25. The number of carbonyl (C=O) groups is 1. The molecule has 5 nitrogen and oxygen atoms in total. The lowest BCUT2D eigenvalue weighted by Gasteiger charge is -2.60. The molecule has 7 heteroatoms. The van der Waals surface area contributed by atoms with Crippen molar-refractivity contribution in [1.29, 1.82) is 0 Å². The number of benzene rings is 2. The van der Waals surface area contributed by atoms with E-state index in [1.165, 1.54) is 12.1 Å². The van der Waals surface area contributed by atoms with Crippen molar-refractivity contribution in [3.05, 3.63) is 53.3 Å². The molecule has 1 saturated carbocycles. The first-order valence-corrected chi connectivity index (χ1v) is 10.2. The van der Waals surface area contributed by atoms with E-state index in [1.54, 1.807) is 18.2 Å². The van der Waals surface area contributed by atoms with Crippen LogP contribution in [0.4, 0.5) is 15.9 Å². The van der Waals surface area contributed by atoms with Crippen molar-refractivity contribution in [3.8, 4) is 0 Å². The molecule has 0 unspecified atom stereocenters. The Morgan fingerprint density at radius 2 is 2.00 bits per heavy atom. The number of carbonyl (C=O) groups excluding carboxylic acids is 1. The maximum atomic E-state index is 13.6. The van der Waals surface area contributed by atoms with Gasteiger partial charge in [-0.15, -0.1) is 0 Å². The number of nitrogens with one attached hydrogen (secondary N) is 1. The molecule has 2 heterocycles. The second-order valence-corrected chi connectivity index (χ2v) is 8.89. The van der Waals surface area contributed by atoms with Gasteiger partial charge < -0.3 is 14.7 Å². The highest BCUT2D eigenvalue weighted by atomic mass is 35.5. The van der Waals surface area contributed by atoms with Crippen LogP contribution < -0.4 is 10.2 Å². The Bertz CT molecular complexity index is 1070. The summed E-state index contributed by atoms with van der Waals surface area (Å²) in [6, 6.07) is 11.6. The number of halogens is 2. The fraction of sp³-hybridized carbons (Fsp3) is 0.364. The van der Waals surface area contributed by atoms with Crippen molar-refractivity contribution in [2.24, 2.45) is 17.3 Å². The van der Waals surface area contributed by atoms with Gasteiger partial charge in [-0.05, 0) is 61.2 Å². The maximum Gasteiger partial charge on any atom is 0.227 e. The van der Waals surface area contributed by atoms with Crippen molar-refractivity contribution in [2.75, 3.05) is 23.3 Å². The first-order valence-electron chi connectivity index (χ1n) is 9.79. The summed E-state index contributed by atoms with van der Waals surface area (Å²) in [5, 5.41) is 8.46. The fourth-order valence-electron chi connectivity index (χ4n) is 4.71. The molecule has 1 aromatic heterocycles. The monoisotopic (exact) mass is 413 g/mol. The molecule has 5 rings (SSSR count). The molecule has 1 aliphatic carbocycles. The normalized spacial score (nSPS) is 19.1.